The second-order valence-corrected chi connectivity index (χ2v) is 3.82. The lowest BCUT2D eigenvalue weighted by molar-refractivity contribution is 0.282. The van der Waals surface area contributed by atoms with E-state index in [4.69, 9.17) is 16.7 Å². The molecule has 0 aliphatic heterocycles. The molecule has 0 radical (unpaired) electrons. The second-order valence-electron chi connectivity index (χ2n) is 3.39. The Balaban J connectivity index is 2.37. The third kappa shape index (κ3) is 4.44. The van der Waals surface area contributed by atoms with E-state index in [1.54, 1.807) is 6.20 Å². The van der Waals surface area contributed by atoms with Crippen molar-refractivity contribution in [2.45, 2.75) is 32.2 Å². The van der Waals surface area contributed by atoms with E-state index >= 15 is 0 Å². The van der Waals surface area contributed by atoms with Crippen LogP contribution in [0.3, 0.4) is 0 Å². The quantitative estimate of drug-likeness (QED) is 0.753. The summed E-state index contributed by atoms with van der Waals surface area (Å²) in [6, 6.07) is 0. The third-order valence-corrected chi connectivity index (χ3v) is 2.33. The Bertz CT molecular complexity index is 352. The van der Waals surface area contributed by atoms with E-state index in [0.717, 1.165) is 25.7 Å². The van der Waals surface area contributed by atoms with Gasteiger partial charge in [-0.15, -0.1) is 0 Å². The first-order valence-electron chi connectivity index (χ1n) is 5.07. The van der Waals surface area contributed by atoms with Crippen LogP contribution in [-0.2, 0) is 6.54 Å². The number of nitrogens with zero attached hydrogens (tertiary/aromatic N) is 2. The van der Waals surface area contributed by atoms with Gasteiger partial charge in [-0.2, -0.15) is 0 Å². The Morgan fingerprint density at radius 2 is 2.07 bits per heavy atom. The molecule has 0 aliphatic rings. The molecule has 15 heavy (non-hydrogen) atoms. The van der Waals surface area contributed by atoms with Crippen LogP contribution in [0.15, 0.2) is 17.2 Å². The molecule has 0 fully saturated rings. The number of aliphatic hydroxyl groups is 1. The van der Waals surface area contributed by atoms with Crippen molar-refractivity contribution in [1.82, 2.24) is 9.55 Å². The molecule has 0 aliphatic carbocycles. The van der Waals surface area contributed by atoms with Crippen LogP contribution < -0.4 is 5.69 Å². The summed E-state index contributed by atoms with van der Waals surface area (Å²) >= 11 is 5.72. The molecular weight excluding hydrogens is 216 g/mol. The lowest BCUT2D eigenvalue weighted by Crippen LogP contribution is -2.21. The van der Waals surface area contributed by atoms with Crippen LogP contribution in [-0.4, -0.2) is 21.3 Å². The summed E-state index contributed by atoms with van der Waals surface area (Å²) in [7, 11) is 0. The largest absolute Gasteiger partial charge is 0.396 e. The molecule has 1 rings (SSSR count). The standard InChI is InChI=1S/C10H15ClN2O2/c11-9-7-12-10(15)13(8-9)5-3-1-2-4-6-14/h7-8,14H,1-6H2. The van der Waals surface area contributed by atoms with Crippen molar-refractivity contribution in [3.05, 3.63) is 27.9 Å². The Morgan fingerprint density at radius 1 is 1.33 bits per heavy atom. The molecule has 0 unspecified atom stereocenters. The molecule has 1 heterocycles. The normalized spacial score (nSPS) is 10.5. The fourth-order valence-corrected chi connectivity index (χ4v) is 1.50. The van der Waals surface area contributed by atoms with Crippen LogP contribution in [0.5, 0.6) is 0 Å². The van der Waals surface area contributed by atoms with Gasteiger partial charge in [-0.3, -0.25) is 4.57 Å². The van der Waals surface area contributed by atoms with Crippen molar-refractivity contribution in [2.75, 3.05) is 6.61 Å². The molecule has 5 heteroatoms. The highest BCUT2D eigenvalue weighted by atomic mass is 35.5. The Morgan fingerprint density at radius 3 is 2.80 bits per heavy atom. The minimum atomic E-state index is -0.262. The van der Waals surface area contributed by atoms with Crippen molar-refractivity contribution in [3.63, 3.8) is 0 Å². The zero-order valence-corrected chi connectivity index (χ0v) is 9.28. The monoisotopic (exact) mass is 230 g/mol. The predicted molar refractivity (Wildman–Crippen MR) is 59.1 cm³/mol. The van der Waals surface area contributed by atoms with Gasteiger partial charge in [0.25, 0.3) is 0 Å². The number of halogens is 1. The first-order valence-corrected chi connectivity index (χ1v) is 5.44. The van der Waals surface area contributed by atoms with Gasteiger partial charge >= 0.3 is 5.69 Å². The van der Waals surface area contributed by atoms with Crippen molar-refractivity contribution >= 4 is 11.6 Å². The molecule has 0 saturated heterocycles. The molecular formula is C10H15ClN2O2. The highest BCUT2D eigenvalue weighted by Gasteiger charge is 1.98. The highest BCUT2D eigenvalue weighted by Crippen LogP contribution is 2.04. The SMILES string of the molecule is O=c1ncc(Cl)cn1CCCCCCO. The topological polar surface area (TPSA) is 55.1 Å². The molecule has 0 spiro atoms. The van der Waals surface area contributed by atoms with Gasteiger partial charge in [-0.05, 0) is 12.8 Å². The summed E-state index contributed by atoms with van der Waals surface area (Å²) < 4.78 is 1.52. The van der Waals surface area contributed by atoms with Crippen molar-refractivity contribution < 1.29 is 5.11 Å². The van der Waals surface area contributed by atoms with Crippen molar-refractivity contribution in [3.8, 4) is 0 Å². The lowest BCUT2D eigenvalue weighted by Gasteiger charge is -2.04. The summed E-state index contributed by atoms with van der Waals surface area (Å²) in [5.74, 6) is 0. The molecule has 4 nitrogen and oxygen atoms in total. The van der Waals surface area contributed by atoms with Gasteiger partial charge in [-0.25, -0.2) is 9.78 Å². The highest BCUT2D eigenvalue weighted by molar-refractivity contribution is 6.30. The summed E-state index contributed by atoms with van der Waals surface area (Å²) in [6.45, 7) is 0.872. The number of aryl methyl sites for hydroxylation is 1. The minimum absolute atomic E-state index is 0.235. The Kier molecular flexibility index (Phi) is 5.36. The zero-order valence-electron chi connectivity index (χ0n) is 8.53. The maximum Gasteiger partial charge on any atom is 0.347 e. The maximum absolute atomic E-state index is 11.2. The Hall–Kier alpha value is -0.870. The van der Waals surface area contributed by atoms with Gasteiger partial charge in [0.05, 0.1) is 11.2 Å². The molecule has 0 bridgehead atoms. The lowest BCUT2D eigenvalue weighted by atomic mass is 10.2. The third-order valence-electron chi connectivity index (χ3n) is 2.13. The van der Waals surface area contributed by atoms with E-state index in [9.17, 15) is 4.79 Å². The van der Waals surface area contributed by atoms with Crippen LogP contribution in [0.4, 0.5) is 0 Å². The molecule has 0 amide bonds. The smallest absolute Gasteiger partial charge is 0.347 e. The minimum Gasteiger partial charge on any atom is -0.396 e. The number of hydrogen-bond acceptors (Lipinski definition) is 3. The summed E-state index contributed by atoms with van der Waals surface area (Å²) in [5, 5.41) is 9.06. The second kappa shape index (κ2) is 6.58. The zero-order chi connectivity index (χ0) is 11.1. The molecule has 1 N–H and O–H groups in total. The van der Waals surface area contributed by atoms with E-state index < -0.39 is 0 Å². The molecule has 1 aromatic rings. The van der Waals surface area contributed by atoms with Crippen LogP contribution in [0.1, 0.15) is 25.7 Å². The molecule has 1 aromatic heterocycles. The van der Waals surface area contributed by atoms with Crippen LogP contribution in [0.2, 0.25) is 5.02 Å². The average Bonchev–Trinajstić information content (AvgIpc) is 2.23. The maximum atomic E-state index is 11.2. The fraction of sp³-hybridized carbons (Fsp3) is 0.600. The van der Waals surface area contributed by atoms with Crippen molar-refractivity contribution in [1.29, 1.82) is 0 Å². The number of unbranched alkanes of at least 4 members (excludes halogenated alkanes) is 3. The summed E-state index contributed by atoms with van der Waals surface area (Å²) in [6.07, 6.45) is 6.67. The number of aliphatic hydroxyl groups excluding tert-OH is 1. The predicted octanol–water partition coefficient (Wildman–Crippen LogP) is 1.45. The summed E-state index contributed by atoms with van der Waals surface area (Å²) in [5.41, 5.74) is -0.262. The van der Waals surface area contributed by atoms with Gasteiger partial charge in [0.15, 0.2) is 0 Å². The van der Waals surface area contributed by atoms with E-state index in [2.05, 4.69) is 4.98 Å². The number of hydrogen-bond donors (Lipinski definition) is 1. The van der Waals surface area contributed by atoms with Crippen molar-refractivity contribution in [2.24, 2.45) is 0 Å². The first kappa shape index (κ1) is 12.2. The van der Waals surface area contributed by atoms with Crippen LogP contribution in [0.25, 0.3) is 0 Å². The van der Waals surface area contributed by atoms with E-state index in [1.807, 2.05) is 0 Å². The van der Waals surface area contributed by atoms with E-state index in [0.29, 0.717) is 11.6 Å². The molecule has 0 atom stereocenters. The van der Waals surface area contributed by atoms with Gasteiger partial charge in [0.2, 0.25) is 0 Å². The van der Waals surface area contributed by atoms with E-state index in [1.165, 1.54) is 10.8 Å². The van der Waals surface area contributed by atoms with Crippen LogP contribution in [0, 0.1) is 0 Å². The Labute approximate surface area is 93.5 Å². The van der Waals surface area contributed by atoms with Gasteiger partial charge in [-0.1, -0.05) is 24.4 Å². The van der Waals surface area contributed by atoms with Gasteiger partial charge in [0, 0.05) is 19.3 Å². The van der Waals surface area contributed by atoms with Gasteiger partial charge in [0.1, 0.15) is 0 Å². The van der Waals surface area contributed by atoms with Gasteiger partial charge < -0.3 is 5.11 Å². The molecule has 0 aromatic carbocycles. The molecule has 0 saturated carbocycles. The first-order chi connectivity index (χ1) is 7.24. The average molecular weight is 231 g/mol. The number of aromatic nitrogens is 2. The van der Waals surface area contributed by atoms with E-state index in [-0.39, 0.29) is 12.3 Å². The van der Waals surface area contributed by atoms with Crippen LogP contribution >= 0.6 is 11.6 Å². The number of rotatable bonds is 6. The fourth-order valence-electron chi connectivity index (χ4n) is 1.34. The molecule has 84 valence electrons. The summed E-state index contributed by atoms with van der Waals surface area (Å²) in [4.78, 5) is 14.9.